The first kappa shape index (κ1) is 23.6. The number of aromatic nitrogens is 2. The van der Waals surface area contributed by atoms with Gasteiger partial charge in [0.05, 0.1) is 19.3 Å². The summed E-state index contributed by atoms with van der Waals surface area (Å²) >= 11 is 1.39. The number of methoxy groups -OCH3 is 1. The lowest BCUT2D eigenvalue weighted by molar-refractivity contribution is -0.122. The minimum Gasteiger partial charge on any atom is -0.497 e. The number of ether oxygens (including phenoxy) is 1. The summed E-state index contributed by atoms with van der Waals surface area (Å²) in [6, 6.07) is 22.6. The summed E-state index contributed by atoms with van der Waals surface area (Å²) in [6.45, 7) is 2.34. The van der Waals surface area contributed by atoms with E-state index in [2.05, 4.69) is 9.98 Å². The van der Waals surface area contributed by atoms with Gasteiger partial charge in [0.1, 0.15) is 17.1 Å². The van der Waals surface area contributed by atoms with Gasteiger partial charge in [0.25, 0.3) is 11.5 Å². The minimum atomic E-state index is -0.167. The maximum atomic E-state index is 13.4. The molecule has 8 heteroatoms. The SMILES string of the molecule is COc1ccc(/C=C2\N=C(SCc3cc(=O)n4cc(C)ccc4n3)N(Cc3ccccc3)C2=O)cc1. The molecule has 1 aliphatic heterocycles. The average Bonchev–Trinajstić information content (AvgIpc) is 3.18. The van der Waals surface area contributed by atoms with Crippen molar-refractivity contribution >= 4 is 34.6 Å². The van der Waals surface area contributed by atoms with Gasteiger partial charge in [-0.2, -0.15) is 0 Å². The summed E-state index contributed by atoms with van der Waals surface area (Å²) in [4.78, 5) is 36.9. The summed E-state index contributed by atoms with van der Waals surface area (Å²) in [5.74, 6) is 0.987. The Hall–Kier alpha value is -4.17. The number of hydrogen-bond acceptors (Lipinski definition) is 6. The van der Waals surface area contributed by atoms with Crippen LogP contribution in [0.5, 0.6) is 5.75 Å². The van der Waals surface area contributed by atoms with Crippen LogP contribution in [-0.4, -0.2) is 32.5 Å². The Kier molecular flexibility index (Phi) is 6.69. The van der Waals surface area contributed by atoms with E-state index in [-0.39, 0.29) is 11.5 Å². The molecule has 1 amide bonds. The summed E-state index contributed by atoms with van der Waals surface area (Å²) in [7, 11) is 1.61. The monoisotopic (exact) mass is 496 g/mol. The normalized spacial score (nSPS) is 14.5. The van der Waals surface area contributed by atoms with Crippen LogP contribution in [0.25, 0.3) is 11.7 Å². The fourth-order valence-corrected chi connectivity index (χ4v) is 4.77. The van der Waals surface area contributed by atoms with Gasteiger partial charge < -0.3 is 4.74 Å². The van der Waals surface area contributed by atoms with E-state index in [0.29, 0.717) is 34.5 Å². The molecule has 1 aliphatic rings. The van der Waals surface area contributed by atoms with Crippen molar-refractivity contribution in [3.63, 3.8) is 0 Å². The lowest BCUT2D eigenvalue weighted by Crippen LogP contribution is -2.30. The van der Waals surface area contributed by atoms with Crippen LogP contribution in [0.4, 0.5) is 0 Å². The molecule has 7 nitrogen and oxygen atoms in total. The molecule has 0 saturated carbocycles. The van der Waals surface area contributed by atoms with Crippen LogP contribution in [0.15, 0.2) is 94.5 Å². The molecule has 3 heterocycles. The Morgan fingerprint density at radius 2 is 1.78 bits per heavy atom. The van der Waals surface area contributed by atoms with Crippen LogP contribution >= 0.6 is 11.8 Å². The largest absolute Gasteiger partial charge is 0.497 e. The molecule has 0 atom stereocenters. The van der Waals surface area contributed by atoms with E-state index in [1.165, 1.54) is 22.2 Å². The molecule has 36 heavy (non-hydrogen) atoms. The van der Waals surface area contributed by atoms with Crippen LogP contribution < -0.4 is 10.3 Å². The summed E-state index contributed by atoms with van der Waals surface area (Å²) in [5, 5.41) is 0.578. The molecule has 0 radical (unpaired) electrons. The van der Waals surface area contributed by atoms with E-state index in [4.69, 9.17) is 4.74 Å². The first-order chi connectivity index (χ1) is 17.5. The highest BCUT2D eigenvalue weighted by Gasteiger charge is 2.30. The molecule has 0 unspecified atom stereocenters. The maximum Gasteiger partial charge on any atom is 0.278 e. The minimum absolute atomic E-state index is 0.134. The van der Waals surface area contributed by atoms with E-state index >= 15 is 0 Å². The maximum absolute atomic E-state index is 13.4. The Bertz CT molecular complexity index is 1540. The second-order valence-electron chi connectivity index (χ2n) is 8.38. The average molecular weight is 497 g/mol. The van der Waals surface area contributed by atoms with Crippen molar-refractivity contribution < 1.29 is 9.53 Å². The Labute approximate surface area is 212 Å². The third-order valence-electron chi connectivity index (χ3n) is 5.72. The molecule has 0 spiro atoms. The fraction of sp³-hybridized carbons (Fsp3) is 0.143. The molecule has 0 saturated heterocycles. The quantitative estimate of drug-likeness (QED) is 0.362. The van der Waals surface area contributed by atoms with Gasteiger partial charge in [0.2, 0.25) is 0 Å². The number of carbonyl (C=O) groups is 1. The second-order valence-corrected chi connectivity index (χ2v) is 9.33. The van der Waals surface area contributed by atoms with E-state index in [1.54, 1.807) is 24.3 Å². The number of nitrogens with zero attached hydrogens (tertiary/aromatic N) is 4. The molecule has 2 aromatic heterocycles. The van der Waals surface area contributed by atoms with Gasteiger partial charge in [0, 0.05) is 18.0 Å². The number of carbonyl (C=O) groups excluding carboxylic acids is 1. The van der Waals surface area contributed by atoms with Gasteiger partial charge in [-0.15, -0.1) is 0 Å². The van der Waals surface area contributed by atoms with Gasteiger partial charge in [-0.3, -0.25) is 18.9 Å². The summed E-state index contributed by atoms with van der Waals surface area (Å²) < 4.78 is 6.76. The first-order valence-corrected chi connectivity index (χ1v) is 12.4. The standard InChI is InChI=1S/C28H24N4O3S/c1-19-8-13-25-29-22(15-26(33)31(25)16-19)18-36-28-30-24(14-20-9-11-23(35-2)12-10-20)27(34)32(28)17-21-6-4-3-5-7-21/h3-16H,17-18H2,1-2H3/b24-14-. The second kappa shape index (κ2) is 10.2. The number of aliphatic imine (C=N–C) groups is 1. The van der Waals surface area contributed by atoms with Gasteiger partial charge in [-0.25, -0.2) is 9.98 Å². The van der Waals surface area contributed by atoms with Crippen LogP contribution in [0.1, 0.15) is 22.4 Å². The number of hydrogen-bond donors (Lipinski definition) is 0. The molecule has 4 aromatic rings. The molecule has 0 bridgehead atoms. The van der Waals surface area contributed by atoms with Crippen molar-refractivity contribution in [2.75, 3.05) is 7.11 Å². The Morgan fingerprint density at radius 1 is 1.00 bits per heavy atom. The van der Waals surface area contributed by atoms with Crippen molar-refractivity contribution in [2.24, 2.45) is 4.99 Å². The molecule has 0 N–H and O–H groups in total. The number of amides is 1. The lowest BCUT2D eigenvalue weighted by Gasteiger charge is -2.17. The number of fused-ring (bicyclic) bond motifs is 1. The highest BCUT2D eigenvalue weighted by atomic mass is 32.2. The number of benzene rings is 2. The Morgan fingerprint density at radius 3 is 2.53 bits per heavy atom. The zero-order chi connectivity index (χ0) is 25.1. The zero-order valence-electron chi connectivity index (χ0n) is 19.9. The highest BCUT2D eigenvalue weighted by molar-refractivity contribution is 8.13. The third-order valence-corrected chi connectivity index (χ3v) is 6.73. The predicted molar refractivity (Wildman–Crippen MR) is 143 cm³/mol. The van der Waals surface area contributed by atoms with E-state index in [9.17, 15) is 9.59 Å². The van der Waals surface area contributed by atoms with Crippen molar-refractivity contribution in [2.45, 2.75) is 19.2 Å². The molecule has 2 aromatic carbocycles. The van der Waals surface area contributed by atoms with Gasteiger partial charge >= 0.3 is 0 Å². The Balaban J connectivity index is 1.43. The van der Waals surface area contributed by atoms with Crippen molar-refractivity contribution in [3.8, 4) is 5.75 Å². The highest BCUT2D eigenvalue weighted by Crippen LogP contribution is 2.28. The van der Waals surface area contributed by atoms with Crippen LogP contribution in [0.3, 0.4) is 0 Å². The number of aryl methyl sites for hydroxylation is 1. The van der Waals surface area contributed by atoms with E-state index < -0.39 is 0 Å². The topological polar surface area (TPSA) is 76.3 Å². The number of pyridine rings is 1. The van der Waals surface area contributed by atoms with E-state index in [0.717, 1.165) is 22.4 Å². The third kappa shape index (κ3) is 5.08. The van der Waals surface area contributed by atoms with Crippen molar-refractivity contribution in [1.82, 2.24) is 14.3 Å². The van der Waals surface area contributed by atoms with Gasteiger partial charge in [-0.05, 0) is 47.9 Å². The summed E-state index contributed by atoms with van der Waals surface area (Å²) in [6.07, 6.45) is 3.55. The molecule has 0 aliphatic carbocycles. The van der Waals surface area contributed by atoms with Crippen LogP contribution in [-0.2, 0) is 17.1 Å². The fourth-order valence-electron chi connectivity index (χ4n) is 3.87. The molecular weight excluding hydrogens is 472 g/mol. The van der Waals surface area contributed by atoms with Gasteiger partial charge in [0.15, 0.2) is 5.17 Å². The number of amidine groups is 1. The molecule has 0 fully saturated rings. The van der Waals surface area contributed by atoms with Crippen LogP contribution in [0, 0.1) is 6.92 Å². The predicted octanol–water partition coefficient (Wildman–Crippen LogP) is 4.68. The van der Waals surface area contributed by atoms with Crippen molar-refractivity contribution in [1.29, 1.82) is 0 Å². The lowest BCUT2D eigenvalue weighted by atomic mass is 10.1. The number of thioether (sulfide) groups is 1. The molecule has 180 valence electrons. The summed E-state index contributed by atoms with van der Waals surface area (Å²) in [5.41, 5.74) is 4.30. The zero-order valence-corrected chi connectivity index (χ0v) is 20.7. The van der Waals surface area contributed by atoms with Crippen molar-refractivity contribution in [3.05, 3.63) is 117 Å². The first-order valence-electron chi connectivity index (χ1n) is 11.4. The van der Waals surface area contributed by atoms with Gasteiger partial charge in [-0.1, -0.05) is 60.3 Å². The molecular formula is C28H24N4O3S. The van der Waals surface area contributed by atoms with E-state index in [1.807, 2.05) is 73.7 Å². The smallest absolute Gasteiger partial charge is 0.278 e. The molecule has 5 rings (SSSR count). The number of rotatable bonds is 6. The van der Waals surface area contributed by atoms with Crippen LogP contribution in [0.2, 0.25) is 0 Å².